The quantitative estimate of drug-likeness (QED) is 0.593. The summed E-state index contributed by atoms with van der Waals surface area (Å²) in [4.78, 5) is 0. The van der Waals surface area contributed by atoms with E-state index >= 15 is 0 Å². The third-order valence-electron chi connectivity index (χ3n) is 3.34. The van der Waals surface area contributed by atoms with Crippen LogP contribution in [0.4, 0.5) is 0 Å². The summed E-state index contributed by atoms with van der Waals surface area (Å²) in [5, 5.41) is 18.9. The maximum Gasteiger partial charge on any atom is 0.247 e. The number of hydrogen-bond acceptors (Lipinski definition) is 4. The Morgan fingerprint density at radius 1 is 0.783 bits per heavy atom. The molecule has 0 aromatic heterocycles. The first kappa shape index (κ1) is 21.5. The van der Waals surface area contributed by atoms with Crippen LogP contribution in [0.3, 0.4) is 0 Å². The van der Waals surface area contributed by atoms with Gasteiger partial charge in [-0.1, -0.05) is 74.1 Å². The second kappa shape index (κ2) is 7.79. The highest BCUT2D eigenvalue weighted by atomic mass is 35.5. The molecule has 2 N–H and O–H groups in total. The van der Waals surface area contributed by atoms with E-state index in [4.69, 9.17) is 55.9 Å². The van der Waals surface area contributed by atoms with E-state index in [0.717, 1.165) is 0 Å². The van der Waals surface area contributed by atoms with Crippen LogP contribution < -0.4 is 0 Å². The van der Waals surface area contributed by atoms with Gasteiger partial charge in [-0.2, -0.15) is 0 Å². The lowest BCUT2D eigenvalue weighted by molar-refractivity contribution is -0.207. The zero-order chi connectivity index (χ0) is 18.1. The summed E-state index contributed by atoms with van der Waals surface area (Å²) in [6, 6.07) is 0. The highest BCUT2D eigenvalue weighted by molar-refractivity contribution is 6.53. The van der Waals surface area contributed by atoms with Gasteiger partial charge in [0.25, 0.3) is 0 Å². The summed E-state index contributed by atoms with van der Waals surface area (Å²) in [7, 11) is 0. The van der Waals surface area contributed by atoms with Crippen LogP contribution in [0.5, 0.6) is 0 Å². The van der Waals surface area contributed by atoms with Gasteiger partial charge in [-0.05, 0) is 0 Å². The minimum Gasteiger partial charge on any atom is -0.396 e. The van der Waals surface area contributed by atoms with E-state index in [-0.39, 0.29) is 46.6 Å². The maximum atomic E-state index is 9.39. The molecule has 0 atom stereocenters. The van der Waals surface area contributed by atoms with Crippen LogP contribution in [0.2, 0.25) is 0 Å². The third kappa shape index (κ3) is 4.77. The molecule has 0 aliphatic heterocycles. The molecule has 8 heteroatoms. The molecular weight excluding hydrogens is 386 g/mol. The zero-order valence-corrected chi connectivity index (χ0v) is 16.6. The van der Waals surface area contributed by atoms with Crippen molar-refractivity contribution in [2.24, 2.45) is 10.8 Å². The van der Waals surface area contributed by atoms with Gasteiger partial charge in [0, 0.05) is 10.8 Å². The number of ether oxygens (including phenoxy) is 2. The molecule has 0 heterocycles. The van der Waals surface area contributed by atoms with Gasteiger partial charge in [0.2, 0.25) is 5.79 Å². The average molecular weight is 408 g/mol. The Hall–Kier alpha value is 0.480. The number of hydrogen-bond donors (Lipinski definition) is 2. The van der Waals surface area contributed by atoms with Gasteiger partial charge in [-0.25, -0.2) is 0 Å². The molecule has 4 nitrogen and oxygen atoms in total. The van der Waals surface area contributed by atoms with Gasteiger partial charge in [0.05, 0.1) is 36.5 Å². The highest BCUT2D eigenvalue weighted by Crippen LogP contribution is 2.51. The molecule has 0 bridgehead atoms. The predicted molar refractivity (Wildman–Crippen MR) is 93.8 cm³/mol. The van der Waals surface area contributed by atoms with E-state index in [1.807, 2.05) is 27.7 Å². The van der Waals surface area contributed by atoms with E-state index in [9.17, 15) is 10.2 Å². The Morgan fingerprint density at radius 2 is 1.09 bits per heavy atom. The fourth-order valence-corrected chi connectivity index (χ4v) is 2.74. The Labute approximate surface area is 156 Å². The van der Waals surface area contributed by atoms with Crippen LogP contribution in [-0.4, -0.2) is 42.4 Å². The molecular formula is C15H22Cl4O4. The standard InChI is InChI=1S/C15H22Cl4O4/c1-13(2,5-20)7-22-15(23-8-14(3,4)6-21)11(18)9(16)10(17)12(15)19/h20-21H,5-8H2,1-4H3. The van der Waals surface area contributed by atoms with E-state index in [1.54, 1.807) is 0 Å². The first-order valence-electron chi connectivity index (χ1n) is 7.04. The second-order valence-electron chi connectivity index (χ2n) is 7.09. The SMILES string of the molecule is CC(C)(CO)COC1(OCC(C)(C)CO)C(Cl)=C(Cl)C(Cl)=C1Cl. The number of aliphatic hydroxyl groups is 2. The van der Waals surface area contributed by atoms with Gasteiger partial charge in [0.1, 0.15) is 10.1 Å². The summed E-state index contributed by atoms with van der Waals surface area (Å²) < 4.78 is 11.7. The normalized spacial score (nSPS) is 19.0. The Kier molecular flexibility index (Phi) is 7.29. The minimum absolute atomic E-state index is 0.0247. The van der Waals surface area contributed by atoms with Crippen LogP contribution in [-0.2, 0) is 9.47 Å². The zero-order valence-electron chi connectivity index (χ0n) is 13.6. The summed E-state index contributed by atoms with van der Waals surface area (Å²) in [6.45, 7) is 7.24. The van der Waals surface area contributed by atoms with Gasteiger partial charge in [-0.3, -0.25) is 0 Å². The molecule has 23 heavy (non-hydrogen) atoms. The van der Waals surface area contributed by atoms with E-state index < -0.39 is 16.6 Å². The molecule has 0 spiro atoms. The van der Waals surface area contributed by atoms with Crippen molar-refractivity contribution in [3.8, 4) is 0 Å². The number of aliphatic hydroxyl groups excluding tert-OH is 2. The minimum atomic E-state index is -1.63. The van der Waals surface area contributed by atoms with Crippen molar-refractivity contribution in [2.75, 3.05) is 26.4 Å². The van der Waals surface area contributed by atoms with Crippen molar-refractivity contribution in [1.29, 1.82) is 0 Å². The van der Waals surface area contributed by atoms with Crippen LogP contribution in [0, 0.1) is 10.8 Å². The third-order valence-corrected chi connectivity index (χ3v) is 5.27. The van der Waals surface area contributed by atoms with Gasteiger partial charge in [0.15, 0.2) is 0 Å². The molecule has 1 aliphatic rings. The number of allylic oxidation sites excluding steroid dienone is 2. The fourth-order valence-electron chi connectivity index (χ4n) is 1.56. The molecule has 0 radical (unpaired) electrons. The summed E-state index contributed by atoms with van der Waals surface area (Å²) in [6.07, 6.45) is 0. The van der Waals surface area contributed by atoms with Crippen molar-refractivity contribution >= 4 is 46.4 Å². The van der Waals surface area contributed by atoms with Crippen LogP contribution in [0.15, 0.2) is 20.1 Å². The molecule has 0 saturated heterocycles. The topological polar surface area (TPSA) is 58.9 Å². The first-order valence-corrected chi connectivity index (χ1v) is 8.55. The molecule has 0 unspecified atom stereocenters. The van der Waals surface area contributed by atoms with Crippen molar-refractivity contribution in [3.05, 3.63) is 20.1 Å². The summed E-state index contributed by atoms with van der Waals surface area (Å²) >= 11 is 24.7. The fraction of sp³-hybridized carbons (Fsp3) is 0.733. The lowest BCUT2D eigenvalue weighted by atomic mass is 9.96. The highest BCUT2D eigenvalue weighted by Gasteiger charge is 2.50. The molecule has 0 aromatic rings. The lowest BCUT2D eigenvalue weighted by Gasteiger charge is -2.36. The molecule has 134 valence electrons. The molecule has 0 aromatic carbocycles. The summed E-state index contributed by atoms with van der Waals surface area (Å²) in [5.41, 5.74) is -1.09. The molecule has 0 fully saturated rings. The van der Waals surface area contributed by atoms with E-state index in [2.05, 4.69) is 0 Å². The van der Waals surface area contributed by atoms with Crippen LogP contribution >= 0.6 is 46.4 Å². The van der Waals surface area contributed by atoms with Crippen molar-refractivity contribution in [2.45, 2.75) is 33.5 Å². The lowest BCUT2D eigenvalue weighted by Crippen LogP contribution is -2.42. The maximum absolute atomic E-state index is 9.39. The van der Waals surface area contributed by atoms with E-state index in [0.29, 0.717) is 0 Å². The van der Waals surface area contributed by atoms with E-state index in [1.165, 1.54) is 0 Å². The Bertz CT molecular complexity index is 466. The summed E-state index contributed by atoms with van der Waals surface area (Å²) in [5.74, 6) is -1.63. The van der Waals surface area contributed by atoms with Crippen LogP contribution in [0.25, 0.3) is 0 Å². The molecule has 1 rings (SSSR count). The van der Waals surface area contributed by atoms with Crippen molar-refractivity contribution in [3.63, 3.8) is 0 Å². The Balaban J connectivity index is 3.13. The first-order chi connectivity index (χ1) is 10.4. The molecule has 0 amide bonds. The van der Waals surface area contributed by atoms with Gasteiger partial charge < -0.3 is 19.7 Å². The number of halogens is 4. The molecule has 1 aliphatic carbocycles. The smallest absolute Gasteiger partial charge is 0.247 e. The van der Waals surface area contributed by atoms with Crippen molar-refractivity contribution in [1.82, 2.24) is 0 Å². The average Bonchev–Trinajstić information content (AvgIpc) is 2.67. The monoisotopic (exact) mass is 406 g/mol. The molecule has 0 saturated carbocycles. The van der Waals surface area contributed by atoms with Gasteiger partial charge >= 0.3 is 0 Å². The predicted octanol–water partition coefficient (Wildman–Crippen LogP) is 4.14. The second-order valence-corrected chi connectivity index (χ2v) is 8.61. The Morgan fingerprint density at radius 3 is 1.35 bits per heavy atom. The van der Waals surface area contributed by atoms with Gasteiger partial charge in [-0.15, -0.1) is 0 Å². The number of rotatable bonds is 8. The van der Waals surface area contributed by atoms with Crippen molar-refractivity contribution < 1.29 is 19.7 Å². The van der Waals surface area contributed by atoms with Crippen LogP contribution in [0.1, 0.15) is 27.7 Å². The largest absolute Gasteiger partial charge is 0.396 e.